The zero-order valence-corrected chi connectivity index (χ0v) is 17.2. The summed E-state index contributed by atoms with van der Waals surface area (Å²) in [5.74, 6) is 2.15. The molecule has 0 radical (unpaired) electrons. The van der Waals surface area contributed by atoms with Crippen molar-refractivity contribution in [2.75, 3.05) is 0 Å². The smallest absolute Gasteiger partial charge is 0.174 e. The maximum absolute atomic E-state index is 14.0. The predicted molar refractivity (Wildman–Crippen MR) is 119 cm³/mol. The first-order valence-electron chi connectivity index (χ1n) is 9.84. The van der Waals surface area contributed by atoms with E-state index in [1.165, 1.54) is 6.07 Å². The number of halogens is 2. The van der Waals surface area contributed by atoms with Crippen molar-refractivity contribution in [3.8, 4) is 17.3 Å². The Kier molecular flexibility index (Phi) is 5.18. The van der Waals surface area contributed by atoms with Crippen LogP contribution in [-0.4, -0.2) is 9.97 Å². The van der Waals surface area contributed by atoms with Crippen molar-refractivity contribution in [2.45, 2.75) is 13.0 Å². The van der Waals surface area contributed by atoms with Crippen LogP contribution in [-0.2, 0) is 13.0 Å². The summed E-state index contributed by atoms with van der Waals surface area (Å²) in [6, 6.07) is 24.0. The highest BCUT2D eigenvalue weighted by Gasteiger charge is 2.14. The monoisotopic (exact) mass is 432 g/mol. The number of para-hydroxylation sites is 1. The van der Waals surface area contributed by atoms with E-state index in [0.717, 1.165) is 22.6 Å². The Balaban J connectivity index is 1.38. The molecule has 4 nitrogen and oxygen atoms in total. The summed E-state index contributed by atoms with van der Waals surface area (Å²) in [6.45, 7) is 0.462. The van der Waals surface area contributed by atoms with Crippen LogP contribution in [0.4, 0.5) is 4.39 Å². The molecule has 0 aliphatic heterocycles. The topological polar surface area (TPSA) is 51.1 Å². The molecule has 0 atom stereocenters. The molecule has 0 unspecified atom stereocenters. The van der Waals surface area contributed by atoms with E-state index in [1.54, 1.807) is 12.1 Å². The highest BCUT2D eigenvalue weighted by Crippen LogP contribution is 2.29. The number of rotatable bonds is 6. The van der Waals surface area contributed by atoms with Crippen LogP contribution < -0.4 is 4.74 Å². The standard InChI is InChI=1S/C25H18ClFN2O2/c26-18-9-11-22(30-15-16-5-2-1-3-6-16)17(13-18)14-19-10-12-23(31-19)25-28-21-8-4-7-20(27)24(21)29-25/h1-13H,14-15H2,(H,28,29). The molecule has 1 N–H and O–H groups in total. The summed E-state index contributed by atoms with van der Waals surface area (Å²) in [5, 5.41) is 0.626. The van der Waals surface area contributed by atoms with Gasteiger partial charge in [-0.15, -0.1) is 0 Å². The van der Waals surface area contributed by atoms with Crippen LogP contribution in [0.1, 0.15) is 16.9 Å². The van der Waals surface area contributed by atoms with E-state index in [1.807, 2.05) is 60.7 Å². The molecule has 0 aliphatic carbocycles. The minimum absolute atomic E-state index is 0.345. The number of benzene rings is 3. The van der Waals surface area contributed by atoms with Gasteiger partial charge in [0.25, 0.3) is 0 Å². The first kappa shape index (κ1) is 19.4. The van der Waals surface area contributed by atoms with Crippen LogP contribution in [0.5, 0.6) is 5.75 Å². The number of H-pyrrole nitrogens is 1. The van der Waals surface area contributed by atoms with E-state index in [9.17, 15) is 4.39 Å². The minimum Gasteiger partial charge on any atom is -0.489 e. The SMILES string of the molecule is Fc1cccc2nc(-c3ccc(Cc4cc(Cl)ccc4OCc4ccccc4)o3)[nH]c12. The molecule has 0 fully saturated rings. The van der Waals surface area contributed by atoms with E-state index in [-0.39, 0.29) is 5.82 Å². The molecule has 0 amide bonds. The average Bonchev–Trinajstić information content (AvgIpc) is 3.42. The fourth-order valence-corrected chi connectivity index (χ4v) is 3.66. The van der Waals surface area contributed by atoms with Gasteiger partial charge in [0.15, 0.2) is 11.6 Å². The number of nitrogens with zero attached hydrogens (tertiary/aromatic N) is 1. The number of furan rings is 1. The van der Waals surface area contributed by atoms with E-state index < -0.39 is 0 Å². The van der Waals surface area contributed by atoms with E-state index in [4.69, 9.17) is 20.8 Å². The van der Waals surface area contributed by atoms with Gasteiger partial charge in [0, 0.05) is 17.0 Å². The number of hydrogen-bond donors (Lipinski definition) is 1. The summed E-state index contributed by atoms with van der Waals surface area (Å²) in [5.41, 5.74) is 2.92. The lowest BCUT2D eigenvalue weighted by atomic mass is 10.1. The zero-order valence-electron chi connectivity index (χ0n) is 16.4. The molecule has 31 heavy (non-hydrogen) atoms. The molecular weight excluding hydrogens is 415 g/mol. The quantitative estimate of drug-likeness (QED) is 0.321. The maximum Gasteiger partial charge on any atom is 0.174 e. The van der Waals surface area contributed by atoms with Crippen molar-refractivity contribution >= 4 is 22.6 Å². The van der Waals surface area contributed by atoms with Crippen molar-refractivity contribution in [1.29, 1.82) is 0 Å². The van der Waals surface area contributed by atoms with Gasteiger partial charge in [0.05, 0.1) is 5.52 Å². The molecule has 5 aromatic rings. The molecule has 3 aromatic carbocycles. The van der Waals surface area contributed by atoms with Crippen LogP contribution in [0.25, 0.3) is 22.6 Å². The first-order chi connectivity index (χ1) is 15.2. The number of aromatic nitrogens is 2. The fraction of sp³-hybridized carbons (Fsp3) is 0.0800. The van der Waals surface area contributed by atoms with Crippen LogP contribution >= 0.6 is 11.6 Å². The Bertz CT molecular complexity index is 1340. The molecule has 2 heterocycles. The molecule has 0 spiro atoms. The van der Waals surface area contributed by atoms with E-state index >= 15 is 0 Å². The second kappa shape index (κ2) is 8.28. The fourth-order valence-electron chi connectivity index (χ4n) is 3.46. The molecule has 154 valence electrons. The van der Waals surface area contributed by atoms with E-state index in [0.29, 0.717) is 40.7 Å². The lowest BCUT2D eigenvalue weighted by molar-refractivity contribution is 0.303. The van der Waals surface area contributed by atoms with Gasteiger partial charge >= 0.3 is 0 Å². The third kappa shape index (κ3) is 4.18. The molecular formula is C25H18ClFN2O2. The van der Waals surface area contributed by atoms with Crippen molar-refractivity contribution < 1.29 is 13.5 Å². The lowest BCUT2D eigenvalue weighted by Gasteiger charge is -2.11. The van der Waals surface area contributed by atoms with Crippen molar-refractivity contribution in [2.24, 2.45) is 0 Å². The van der Waals surface area contributed by atoms with Gasteiger partial charge in [0.1, 0.15) is 29.5 Å². The highest BCUT2D eigenvalue weighted by molar-refractivity contribution is 6.30. The molecule has 2 aromatic heterocycles. The van der Waals surface area contributed by atoms with Crippen LogP contribution in [0.3, 0.4) is 0 Å². The minimum atomic E-state index is -0.345. The number of hydrogen-bond acceptors (Lipinski definition) is 3. The van der Waals surface area contributed by atoms with Crippen molar-refractivity contribution in [3.05, 3.63) is 107 Å². The molecule has 5 rings (SSSR count). The van der Waals surface area contributed by atoms with Crippen LogP contribution in [0.15, 0.2) is 83.3 Å². The Morgan fingerprint density at radius 2 is 1.84 bits per heavy atom. The number of ether oxygens (including phenoxy) is 1. The Morgan fingerprint density at radius 1 is 0.968 bits per heavy atom. The summed E-state index contributed by atoms with van der Waals surface area (Å²) in [4.78, 5) is 7.41. The van der Waals surface area contributed by atoms with Gasteiger partial charge in [-0.3, -0.25) is 0 Å². The van der Waals surface area contributed by atoms with Crippen molar-refractivity contribution in [1.82, 2.24) is 9.97 Å². The van der Waals surface area contributed by atoms with Gasteiger partial charge in [-0.05, 0) is 48.0 Å². The summed E-state index contributed by atoms with van der Waals surface area (Å²) < 4.78 is 26.0. The third-order valence-corrected chi connectivity index (χ3v) is 5.22. The first-order valence-corrected chi connectivity index (χ1v) is 10.2. The zero-order chi connectivity index (χ0) is 21.2. The predicted octanol–water partition coefficient (Wildman–Crippen LogP) is 6.79. The number of nitrogens with one attached hydrogen (secondary N) is 1. The second-order valence-corrected chi connectivity index (χ2v) is 7.62. The van der Waals surface area contributed by atoms with Gasteiger partial charge in [-0.25, -0.2) is 9.37 Å². The van der Waals surface area contributed by atoms with Crippen LogP contribution in [0.2, 0.25) is 5.02 Å². The van der Waals surface area contributed by atoms with Crippen LogP contribution in [0, 0.1) is 5.82 Å². The number of fused-ring (bicyclic) bond motifs is 1. The maximum atomic E-state index is 14.0. The molecule has 6 heteroatoms. The second-order valence-electron chi connectivity index (χ2n) is 7.19. The summed E-state index contributed by atoms with van der Waals surface area (Å²) in [6.07, 6.45) is 0.499. The molecule has 0 aliphatic rings. The Morgan fingerprint density at radius 3 is 2.68 bits per heavy atom. The lowest BCUT2D eigenvalue weighted by Crippen LogP contribution is -1.99. The third-order valence-electron chi connectivity index (χ3n) is 4.99. The van der Waals surface area contributed by atoms with Gasteiger partial charge < -0.3 is 14.1 Å². The number of aromatic amines is 1. The highest BCUT2D eigenvalue weighted by atomic mass is 35.5. The summed E-state index contributed by atoms with van der Waals surface area (Å²) in [7, 11) is 0. The van der Waals surface area contributed by atoms with Gasteiger partial charge in [-0.2, -0.15) is 0 Å². The molecule has 0 saturated heterocycles. The average molecular weight is 433 g/mol. The molecule has 0 bridgehead atoms. The summed E-state index contributed by atoms with van der Waals surface area (Å²) >= 11 is 6.22. The molecule has 0 saturated carbocycles. The Hall–Kier alpha value is -3.57. The number of imidazole rings is 1. The van der Waals surface area contributed by atoms with E-state index in [2.05, 4.69) is 9.97 Å². The largest absolute Gasteiger partial charge is 0.489 e. The van der Waals surface area contributed by atoms with Crippen molar-refractivity contribution in [3.63, 3.8) is 0 Å². The van der Waals surface area contributed by atoms with Gasteiger partial charge in [-0.1, -0.05) is 48.0 Å². The Labute approximate surface area is 183 Å². The van der Waals surface area contributed by atoms with Gasteiger partial charge in [0.2, 0.25) is 0 Å². The normalized spacial score (nSPS) is 11.2.